The molecule has 8 heteroatoms. The first-order valence-corrected chi connectivity index (χ1v) is 11.0. The Kier molecular flexibility index (Phi) is 4.27. The van der Waals surface area contributed by atoms with Crippen LogP contribution < -0.4 is 0 Å². The van der Waals surface area contributed by atoms with Crippen molar-refractivity contribution in [3.05, 3.63) is 29.6 Å². The Morgan fingerprint density at radius 3 is 2.52 bits per heavy atom. The second kappa shape index (κ2) is 5.82. The van der Waals surface area contributed by atoms with Crippen LogP contribution in [0.1, 0.15) is 24.8 Å². The minimum Gasteiger partial charge on any atom is -0.229 e. The number of benzene rings is 1. The molecule has 1 aromatic rings. The van der Waals surface area contributed by atoms with Crippen LogP contribution in [0, 0.1) is 18.7 Å². The molecule has 0 amide bonds. The van der Waals surface area contributed by atoms with Gasteiger partial charge in [0, 0.05) is 12.6 Å². The molecule has 0 radical (unpaired) electrons. The zero-order valence-corrected chi connectivity index (χ0v) is 14.5. The van der Waals surface area contributed by atoms with E-state index >= 15 is 0 Å². The molecular formula is C15H20FNO4S2. The standard InChI is InChI=1S/C15H20FNO4S2/c1-11-9-13(16)5-6-15(11)23(20,21)17-7-8-22(18,19)10-14(17)12-3-2-4-12/h5-6,9,12,14H,2-4,7-8,10H2,1H3. The lowest BCUT2D eigenvalue weighted by Crippen LogP contribution is -2.55. The van der Waals surface area contributed by atoms with E-state index in [0.29, 0.717) is 5.56 Å². The van der Waals surface area contributed by atoms with E-state index in [4.69, 9.17) is 0 Å². The van der Waals surface area contributed by atoms with Crippen LogP contribution in [0.15, 0.2) is 23.1 Å². The van der Waals surface area contributed by atoms with Gasteiger partial charge in [-0.2, -0.15) is 4.31 Å². The van der Waals surface area contributed by atoms with E-state index in [-0.39, 0.29) is 28.9 Å². The molecular weight excluding hydrogens is 341 g/mol. The van der Waals surface area contributed by atoms with Crippen molar-refractivity contribution in [1.82, 2.24) is 4.31 Å². The van der Waals surface area contributed by atoms with Gasteiger partial charge in [-0.1, -0.05) is 6.42 Å². The quantitative estimate of drug-likeness (QED) is 0.822. The van der Waals surface area contributed by atoms with Crippen molar-refractivity contribution in [3.8, 4) is 0 Å². The minimum absolute atomic E-state index is 0.0251. The molecule has 0 spiro atoms. The van der Waals surface area contributed by atoms with E-state index in [1.165, 1.54) is 16.4 Å². The second-order valence-electron chi connectivity index (χ2n) is 6.40. The first-order valence-electron chi connectivity index (χ1n) is 7.69. The van der Waals surface area contributed by atoms with Gasteiger partial charge in [-0.25, -0.2) is 21.2 Å². The Labute approximate surface area is 136 Å². The fourth-order valence-corrected chi connectivity index (χ4v) is 7.06. The fourth-order valence-electron chi connectivity index (χ4n) is 3.34. The van der Waals surface area contributed by atoms with E-state index in [1.807, 2.05) is 0 Å². The molecule has 2 fully saturated rings. The van der Waals surface area contributed by atoms with Crippen molar-refractivity contribution in [3.63, 3.8) is 0 Å². The maximum Gasteiger partial charge on any atom is 0.243 e. The molecule has 1 aromatic carbocycles. The molecule has 0 aromatic heterocycles. The molecule has 0 N–H and O–H groups in total. The summed E-state index contributed by atoms with van der Waals surface area (Å²) in [5.74, 6) is -0.661. The average Bonchev–Trinajstić information content (AvgIpc) is 2.34. The van der Waals surface area contributed by atoms with Gasteiger partial charge in [-0.05, 0) is 49.4 Å². The summed E-state index contributed by atoms with van der Waals surface area (Å²) >= 11 is 0. The highest BCUT2D eigenvalue weighted by molar-refractivity contribution is 7.92. The third kappa shape index (κ3) is 3.16. The molecule has 2 aliphatic rings. The highest BCUT2D eigenvalue weighted by atomic mass is 32.2. The molecule has 23 heavy (non-hydrogen) atoms. The summed E-state index contributed by atoms with van der Waals surface area (Å²) in [4.78, 5) is 0.0579. The summed E-state index contributed by atoms with van der Waals surface area (Å²) in [5.41, 5.74) is 0.339. The van der Waals surface area contributed by atoms with Crippen LogP contribution in [-0.4, -0.2) is 45.2 Å². The molecule has 128 valence electrons. The van der Waals surface area contributed by atoms with Gasteiger partial charge in [0.25, 0.3) is 0 Å². The minimum atomic E-state index is -3.83. The molecule has 5 nitrogen and oxygen atoms in total. The van der Waals surface area contributed by atoms with Gasteiger partial charge in [0.2, 0.25) is 10.0 Å². The molecule has 1 aliphatic heterocycles. The van der Waals surface area contributed by atoms with Crippen LogP contribution in [0.2, 0.25) is 0 Å². The summed E-state index contributed by atoms with van der Waals surface area (Å²) < 4.78 is 64.5. The lowest BCUT2D eigenvalue weighted by atomic mass is 9.80. The maximum absolute atomic E-state index is 13.3. The number of hydrogen-bond donors (Lipinski definition) is 0. The highest BCUT2D eigenvalue weighted by Crippen LogP contribution is 2.37. The predicted molar refractivity (Wildman–Crippen MR) is 84.8 cm³/mol. The first-order chi connectivity index (χ1) is 10.7. The maximum atomic E-state index is 13.3. The number of rotatable bonds is 3. The summed E-state index contributed by atoms with van der Waals surface area (Å²) in [6.07, 6.45) is 2.72. The van der Waals surface area contributed by atoms with E-state index in [0.717, 1.165) is 25.3 Å². The first kappa shape index (κ1) is 16.9. The molecule has 3 rings (SSSR count). The zero-order valence-electron chi connectivity index (χ0n) is 12.9. The number of hydrogen-bond acceptors (Lipinski definition) is 4. The van der Waals surface area contributed by atoms with Crippen molar-refractivity contribution >= 4 is 19.9 Å². The van der Waals surface area contributed by atoms with Crippen molar-refractivity contribution < 1.29 is 21.2 Å². The lowest BCUT2D eigenvalue weighted by molar-refractivity contribution is 0.175. The lowest BCUT2D eigenvalue weighted by Gasteiger charge is -2.42. The molecule has 1 aliphatic carbocycles. The molecule has 1 saturated carbocycles. The molecule has 1 heterocycles. The molecule has 0 bridgehead atoms. The predicted octanol–water partition coefficient (Wildman–Crippen LogP) is 1.72. The van der Waals surface area contributed by atoms with Crippen molar-refractivity contribution in [2.45, 2.75) is 37.1 Å². The Bertz CT molecular complexity index is 816. The molecule has 1 unspecified atom stereocenters. The normalized spacial score (nSPS) is 25.9. The van der Waals surface area contributed by atoms with Crippen LogP contribution in [0.4, 0.5) is 4.39 Å². The van der Waals surface area contributed by atoms with E-state index in [9.17, 15) is 21.2 Å². The van der Waals surface area contributed by atoms with Gasteiger partial charge < -0.3 is 0 Å². The number of sulfone groups is 1. The largest absolute Gasteiger partial charge is 0.243 e. The van der Waals surface area contributed by atoms with Gasteiger partial charge in [-0.15, -0.1) is 0 Å². The van der Waals surface area contributed by atoms with E-state index in [1.54, 1.807) is 6.92 Å². The van der Waals surface area contributed by atoms with Crippen LogP contribution in [0.25, 0.3) is 0 Å². The van der Waals surface area contributed by atoms with Gasteiger partial charge in [0.1, 0.15) is 5.82 Å². The van der Waals surface area contributed by atoms with Crippen molar-refractivity contribution in [2.75, 3.05) is 18.1 Å². The van der Waals surface area contributed by atoms with Crippen molar-refractivity contribution in [1.29, 1.82) is 0 Å². The Morgan fingerprint density at radius 1 is 1.26 bits per heavy atom. The van der Waals surface area contributed by atoms with Gasteiger partial charge in [-0.3, -0.25) is 0 Å². The summed E-state index contributed by atoms with van der Waals surface area (Å²) in [6.45, 7) is 1.53. The molecule has 1 saturated heterocycles. The van der Waals surface area contributed by atoms with E-state index < -0.39 is 31.7 Å². The van der Waals surface area contributed by atoms with E-state index in [2.05, 4.69) is 0 Å². The summed E-state index contributed by atoms with van der Waals surface area (Å²) in [5, 5.41) is 0. The number of halogens is 1. The zero-order chi connectivity index (χ0) is 16.8. The van der Waals surface area contributed by atoms with Crippen molar-refractivity contribution in [2.24, 2.45) is 5.92 Å². The fraction of sp³-hybridized carbons (Fsp3) is 0.600. The van der Waals surface area contributed by atoms with Gasteiger partial charge in [0.05, 0.1) is 16.4 Å². The van der Waals surface area contributed by atoms with Crippen LogP contribution in [-0.2, 0) is 19.9 Å². The average molecular weight is 361 g/mol. The number of aryl methyl sites for hydroxylation is 1. The monoisotopic (exact) mass is 361 g/mol. The van der Waals surface area contributed by atoms with Crippen LogP contribution >= 0.6 is 0 Å². The third-order valence-electron chi connectivity index (χ3n) is 4.83. The van der Waals surface area contributed by atoms with Gasteiger partial charge in [0.15, 0.2) is 9.84 Å². The Morgan fingerprint density at radius 2 is 1.96 bits per heavy atom. The Hall–Kier alpha value is -0.990. The van der Waals surface area contributed by atoms with Crippen LogP contribution in [0.3, 0.4) is 0 Å². The number of nitrogens with zero attached hydrogens (tertiary/aromatic N) is 1. The topological polar surface area (TPSA) is 71.5 Å². The number of sulfonamides is 1. The van der Waals surface area contributed by atoms with Crippen LogP contribution in [0.5, 0.6) is 0 Å². The third-order valence-corrected chi connectivity index (χ3v) is 8.57. The Balaban J connectivity index is 1.99. The summed E-state index contributed by atoms with van der Waals surface area (Å²) in [6, 6.07) is 3.07. The van der Waals surface area contributed by atoms with Gasteiger partial charge >= 0.3 is 0 Å². The smallest absolute Gasteiger partial charge is 0.229 e. The molecule has 1 atom stereocenters. The highest BCUT2D eigenvalue weighted by Gasteiger charge is 2.44. The summed E-state index contributed by atoms with van der Waals surface area (Å²) in [7, 11) is -7.04. The second-order valence-corrected chi connectivity index (χ2v) is 10.5. The SMILES string of the molecule is Cc1cc(F)ccc1S(=O)(=O)N1CCS(=O)(=O)CC1C1CCC1.